The summed E-state index contributed by atoms with van der Waals surface area (Å²) in [4.78, 5) is 38.8. The summed E-state index contributed by atoms with van der Waals surface area (Å²) in [5.74, 6) is 0.552. The van der Waals surface area contributed by atoms with Crippen LogP contribution in [-0.4, -0.2) is 79.3 Å². The van der Waals surface area contributed by atoms with E-state index in [2.05, 4.69) is 88.6 Å². The number of benzene rings is 2. The van der Waals surface area contributed by atoms with E-state index in [0.717, 1.165) is 67.3 Å². The van der Waals surface area contributed by atoms with Gasteiger partial charge in [-0.05, 0) is 55.0 Å². The van der Waals surface area contributed by atoms with E-state index in [0.29, 0.717) is 37.7 Å². The average molecular weight is 817 g/mol. The monoisotopic (exact) mass is 816 g/mol. The quantitative estimate of drug-likeness (QED) is 0.0519. The van der Waals surface area contributed by atoms with Crippen molar-refractivity contribution in [3.63, 3.8) is 0 Å². The van der Waals surface area contributed by atoms with Crippen LogP contribution in [0.15, 0.2) is 78.6 Å². The van der Waals surface area contributed by atoms with Crippen molar-refractivity contribution in [2.75, 3.05) is 36.0 Å². The summed E-state index contributed by atoms with van der Waals surface area (Å²) in [5.41, 5.74) is 5.50. The van der Waals surface area contributed by atoms with E-state index >= 15 is 0 Å². The van der Waals surface area contributed by atoms with Crippen molar-refractivity contribution in [1.82, 2.24) is 21.3 Å². The molecule has 3 atom stereocenters. The van der Waals surface area contributed by atoms with Gasteiger partial charge in [0.25, 0.3) is 0 Å². The summed E-state index contributed by atoms with van der Waals surface area (Å²) in [6, 6.07) is 18.9. The standard InChI is InChI=1S/C43H56N6O6S2/c1-43(2)33-16-6-8-18-36(33)49(38(43)20-12-14-31-23-28-48(26-13-29-57(53,54)55)35-17-7-5-15-32(31)35)27-11-3-4-21-39(50)44-24-25-45-40(51)22-10-9-19-37-41-34(30-56-37)46-42(52)47-41/h5-8,12,14-18,20,23,28,34,37,41H,3-4,9-11,13,19,21-22,24-27,29-30H2,1-2H3,(H4-,44,45,46,47,50,51,52,53,54,55)/t34-,37-,41-/m0/s1. The molecule has 6 rings (SSSR count). The molecule has 2 fully saturated rings. The largest absolute Gasteiger partial charge is 0.748 e. The van der Waals surface area contributed by atoms with Crippen LogP contribution in [0.2, 0.25) is 0 Å². The molecule has 0 spiro atoms. The number of nitrogens with one attached hydrogen (secondary N) is 4. The van der Waals surface area contributed by atoms with Crippen LogP contribution in [0, 0.1) is 0 Å². The number of anilines is 1. The lowest BCUT2D eigenvalue weighted by Gasteiger charge is -2.27. The Morgan fingerprint density at radius 1 is 0.947 bits per heavy atom. The van der Waals surface area contributed by atoms with E-state index in [1.165, 1.54) is 16.9 Å². The molecule has 4 heterocycles. The molecular weight excluding hydrogens is 761 g/mol. The van der Waals surface area contributed by atoms with Crippen molar-refractivity contribution in [1.29, 1.82) is 0 Å². The Balaban J connectivity index is 0.929. The zero-order valence-corrected chi connectivity index (χ0v) is 34.6. The second kappa shape index (κ2) is 19.4. The highest BCUT2D eigenvalue weighted by Gasteiger charge is 2.42. The average Bonchev–Trinajstić information content (AvgIpc) is 3.80. The molecule has 12 nitrogen and oxygen atoms in total. The molecule has 14 heteroatoms. The molecule has 0 unspecified atom stereocenters. The smallest absolute Gasteiger partial charge is 0.315 e. The van der Waals surface area contributed by atoms with Crippen LogP contribution in [-0.2, 0) is 31.7 Å². The van der Waals surface area contributed by atoms with Gasteiger partial charge < -0.3 is 30.7 Å². The number of aromatic nitrogens is 1. The number of allylic oxidation sites excluding steroid dienone is 3. The van der Waals surface area contributed by atoms with Crippen molar-refractivity contribution < 1.29 is 31.9 Å². The fourth-order valence-electron chi connectivity index (χ4n) is 8.27. The van der Waals surface area contributed by atoms with Gasteiger partial charge in [0.2, 0.25) is 17.3 Å². The lowest BCUT2D eigenvalue weighted by atomic mass is 9.83. The number of hydrogen-bond acceptors (Lipinski definition) is 8. The highest BCUT2D eigenvalue weighted by Crippen LogP contribution is 2.47. The van der Waals surface area contributed by atoms with Gasteiger partial charge in [-0.3, -0.25) is 9.59 Å². The normalized spacial score (nSPS) is 20.5. The Kier molecular flexibility index (Phi) is 14.3. The maximum absolute atomic E-state index is 12.5. The van der Waals surface area contributed by atoms with Gasteiger partial charge in [0, 0.05) is 84.6 Å². The Hall–Kier alpha value is -4.40. The molecule has 4 amide bonds. The molecule has 0 bridgehead atoms. The summed E-state index contributed by atoms with van der Waals surface area (Å²) < 4.78 is 35.4. The Morgan fingerprint density at radius 3 is 2.44 bits per heavy atom. The summed E-state index contributed by atoms with van der Waals surface area (Å²) >= 11 is 1.89. The number of pyridine rings is 1. The second-order valence-corrected chi connectivity index (χ2v) is 18.5. The van der Waals surface area contributed by atoms with Gasteiger partial charge in [-0.15, -0.1) is 0 Å². The number of carbonyl (C=O) groups excluding carboxylic acids is 3. The zero-order valence-electron chi connectivity index (χ0n) is 33.0. The number of carbonyl (C=O) groups is 3. The predicted molar refractivity (Wildman–Crippen MR) is 226 cm³/mol. The minimum atomic E-state index is -4.25. The number of nitrogens with zero attached hydrogens (tertiary/aromatic N) is 2. The molecule has 2 saturated heterocycles. The van der Waals surface area contributed by atoms with Crippen LogP contribution in [0.3, 0.4) is 0 Å². The van der Waals surface area contributed by atoms with Crippen LogP contribution in [0.1, 0.15) is 82.8 Å². The van der Waals surface area contributed by atoms with Crippen LogP contribution >= 0.6 is 11.8 Å². The number of thioether (sulfide) groups is 1. The summed E-state index contributed by atoms with van der Waals surface area (Å²) in [7, 11) is -4.25. The van der Waals surface area contributed by atoms with Gasteiger partial charge in [0.1, 0.15) is 6.54 Å². The maximum atomic E-state index is 12.5. The van der Waals surface area contributed by atoms with Gasteiger partial charge in [-0.25, -0.2) is 13.2 Å². The van der Waals surface area contributed by atoms with Crippen molar-refractivity contribution in [3.05, 3.63) is 89.8 Å². The van der Waals surface area contributed by atoms with Gasteiger partial charge >= 0.3 is 6.03 Å². The van der Waals surface area contributed by atoms with Crippen LogP contribution < -0.4 is 30.7 Å². The summed E-state index contributed by atoms with van der Waals surface area (Å²) in [6.45, 7) is 6.60. The number of hydrogen-bond donors (Lipinski definition) is 4. The van der Waals surface area contributed by atoms with Crippen molar-refractivity contribution in [2.24, 2.45) is 0 Å². The predicted octanol–water partition coefficient (Wildman–Crippen LogP) is 5.28. The number of unbranched alkanes of at least 4 members (excludes halogenated alkanes) is 3. The molecule has 2 aromatic carbocycles. The fraction of sp³-hybridized carbons (Fsp3) is 0.488. The number of aryl methyl sites for hydroxylation is 1. The van der Waals surface area contributed by atoms with Crippen LogP contribution in [0.25, 0.3) is 17.0 Å². The summed E-state index contributed by atoms with van der Waals surface area (Å²) in [6.07, 6.45) is 14.9. The fourth-order valence-corrected chi connectivity index (χ4v) is 10.3. The first-order valence-corrected chi connectivity index (χ1v) is 22.9. The molecule has 0 saturated carbocycles. The first kappa shape index (κ1) is 42.2. The minimum absolute atomic E-state index is 0.000971. The van der Waals surface area contributed by atoms with Crippen molar-refractivity contribution in [3.8, 4) is 0 Å². The van der Waals surface area contributed by atoms with Gasteiger partial charge in [-0.2, -0.15) is 16.3 Å². The number of amides is 4. The van der Waals surface area contributed by atoms with Gasteiger partial charge in [-0.1, -0.05) is 69.2 Å². The molecule has 3 aliphatic heterocycles. The topological polar surface area (TPSA) is 164 Å². The number of urea groups is 1. The Bertz CT molecular complexity index is 2090. The van der Waals surface area contributed by atoms with Crippen LogP contribution in [0.4, 0.5) is 10.5 Å². The molecule has 4 N–H and O–H groups in total. The zero-order chi connectivity index (χ0) is 40.4. The molecule has 3 aliphatic rings. The molecule has 306 valence electrons. The van der Waals surface area contributed by atoms with E-state index in [-0.39, 0.29) is 47.5 Å². The van der Waals surface area contributed by atoms with Crippen molar-refractivity contribution >= 4 is 62.4 Å². The van der Waals surface area contributed by atoms with Crippen LogP contribution in [0.5, 0.6) is 0 Å². The third-order valence-electron chi connectivity index (χ3n) is 11.2. The molecular formula is C43H56N6O6S2. The molecule has 57 heavy (non-hydrogen) atoms. The first-order chi connectivity index (χ1) is 27.4. The van der Waals surface area contributed by atoms with E-state index in [9.17, 15) is 27.4 Å². The number of para-hydroxylation sites is 2. The minimum Gasteiger partial charge on any atom is -0.748 e. The second-order valence-electron chi connectivity index (χ2n) is 15.7. The van der Waals surface area contributed by atoms with E-state index in [1.807, 2.05) is 46.8 Å². The Labute approximate surface area is 341 Å². The van der Waals surface area contributed by atoms with Gasteiger partial charge in [0.15, 0.2) is 6.20 Å². The number of rotatable bonds is 20. The van der Waals surface area contributed by atoms with E-state index in [1.54, 1.807) is 0 Å². The third kappa shape index (κ3) is 11.2. The highest BCUT2D eigenvalue weighted by atomic mass is 32.2. The van der Waals surface area contributed by atoms with E-state index < -0.39 is 10.1 Å². The summed E-state index contributed by atoms with van der Waals surface area (Å²) in [5, 5.41) is 13.3. The highest BCUT2D eigenvalue weighted by molar-refractivity contribution is 8.00. The molecule has 0 radical (unpaired) electrons. The first-order valence-electron chi connectivity index (χ1n) is 20.2. The molecule has 0 aliphatic carbocycles. The maximum Gasteiger partial charge on any atom is 0.315 e. The SMILES string of the molecule is CC1(C)/C(=C/C=C/c2cc[n+](CCCS(=O)(=O)[O-])c3ccccc23)N(CCCCCC(=O)NCCNC(=O)CCCC[C@@H]2SC[C@@H]3NC(=O)N[C@@H]32)c2ccccc21. The molecule has 3 aromatic rings. The third-order valence-corrected chi connectivity index (χ3v) is 13.5. The Morgan fingerprint density at radius 2 is 1.67 bits per heavy atom. The van der Waals surface area contributed by atoms with E-state index in [4.69, 9.17) is 0 Å². The van der Waals surface area contributed by atoms with Gasteiger partial charge in [0.05, 0.1) is 27.6 Å². The number of fused-ring (bicyclic) bond motifs is 3. The lowest BCUT2D eigenvalue weighted by molar-refractivity contribution is -0.671. The molecule has 1 aromatic heterocycles. The van der Waals surface area contributed by atoms with Crippen molar-refractivity contribution in [2.45, 2.75) is 101 Å². The lowest BCUT2D eigenvalue weighted by Crippen LogP contribution is -2.36.